The number of nitrogens with zero attached hydrogens (tertiary/aromatic N) is 1. The number of likely N-dealkylation sites (N-methyl/N-ethyl adjacent to an activating group) is 1. The number of nitrogens with one attached hydrogen (secondary N) is 3. The Morgan fingerprint density at radius 1 is 0.769 bits per heavy atom. The Balaban J connectivity index is 1.11. The summed E-state index contributed by atoms with van der Waals surface area (Å²) in [5.41, 5.74) is -7.21. The van der Waals surface area contributed by atoms with E-state index in [1.165, 1.54) is 6.92 Å². The van der Waals surface area contributed by atoms with Gasteiger partial charge in [0.05, 0.1) is 86.2 Å². The van der Waals surface area contributed by atoms with Crippen LogP contribution in [0, 0.1) is 28.6 Å². The number of benzene rings is 2. The number of hydrogen-bond acceptors (Lipinski definition) is 25. The number of ether oxygens (including phenoxy) is 10. The summed E-state index contributed by atoms with van der Waals surface area (Å²) in [7, 11) is 3.30. The summed E-state index contributed by atoms with van der Waals surface area (Å²) in [6.07, 6.45) is -17.5. The number of fused-ring (bicyclic) bond motifs is 4. The molecule has 1 spiro atoms. The van der Waals surface area contributed by atoms with Crippen LogP contribution < -0.4 is 16.0 Å². The normalized spacial score (nSPS) is 32.5. The number of rotatable bonds is 38. The van der Waals surface area contributed by atoms with Crippen LogP contribution in [-0.4, -0.2) is 250 Å². The summed E-state index contributed by atoms with van der Waals surface area (Å²) in [5, 5.41) is 142. The SMILES string of the molecule is COCCCOCCOCCC(O)NCCCCC(NC(O)CN(C)CC(O)O[C@@H](C(O)O[C@H]1CC2(O)[C@@H](OC(O)c3ccccc3)[C@H]3C4(OC4C(O)C(C1C)C2(C)C)C(O)CC1OC[C@]13OC(C)O)[C@@H](NC(O)OC(C)(C)C)c1ccccc1)C(O)C(C)(C)C. The lowest BCUT2D eigenvalue weighted by Crippen LogP contribution is -2.81. The Kier molecular flexibility index (Phi) is 27.2. The first-order chi connectivity index (χ1) is 42.8. The monoisotopic (exact) mass is 1300 g/mol. The van der Waals surface area contributed by atoms with E-state index < -0.39 is 156 Å². The maximum atomic E-state index is 14.1. The van der Waals surface area contributed by atoms with Crippen LogP contribution in [-0.2, 0) is 47.4 Å². The number of hydrogen-bond donors (Lipinski definition) is 14. The molecular formula is C66H112N4O21. The number of aliphatic hydroxyl groups excluding tert-OH is 10. The Labute approximate surface area is 537 Å². The van der Waals surface area contributed by atoms with Gasteiger partial charge in [-0.2, -0.15) is 0 Å². The lowest BCUT2D eigenvalue weighted by Gasteiger charge is -2.67. The van der Waals surface area contributed by atoms with Gasteiger partial charge in [0.25, 0.3) is 0 Å². The summed E-state index contributed by atoms with van der Waals surface area (Å²) in [4.78, 5) is 1.61. The van der Waals surface area contributed by atoms with Crippen molar-refractivity contribution in [3.8, 4) is 0 Å². The minimum Gasteiger partial charge on any atom is -0.391 e. The number of methoxy groups -OCH3 is 1. The highest BCUT2D eigenvalue weighted by Gasteiger charge is 2.85. The molecule has 3 saturated carbocycles. The van der Waals surface area contributed by atoms with Crippen LogP contribution in [0.15, 0.2) is 60.7 Å². The highest BCUT2D eigenvalue weighted by Crippen LogP contribution is 2.69. The largest absolute Gasteiger partial charge is 0.391 e. The van der Waals surface area contributed by atoms with E-state index in [2.05, 4.69) is 16.0 Å². The predicted molar refractivity (Wildman–Crippen MR) is 333 cm³/mol. The van der Waals surface area contributed by atoms with Crippen molar-refractivity contribution < 1.29 is 104 Å². The molecule has 14 N–H and O–H groups in total. The average Bonchev–Trinajstić information content (AvgIpc) is 1.41. The molecule has 2 aliphatic heterocycles. The van der Waals surface area contributed by atoms with Crippen molar-refractivity contribution in [2.75, 3.05) is 73.4 Å². The zero-order valence-electron chi connectivity index (χ0n) is 55.6. The van der Waals surface area contributed by atoms with E-state index in [4.69, 9.17) is 47.4 Å². The highest BCUT2D eigenvalue weighted by atomic mass is 16.7. The molecule has 5 fully saturated rings. The van der Waals surface area contributed by atoms with Gasteiger partial charge in [0.15, 0.2) is 25.2 Å². The smallest absolute Gasteiger partial charge is 0.214 e. The zero-order valence-corrected chi connectivity index (χ0v) is 55.6. The van der Waals surface area contributed by atoms with Gasteiger partial charge in [0, 0.05) is 75.6 Å². The first-order valence-electron chi connectivity index (χ1n) is 32.6. The molecule has 2 bridgehead atoms. The van der Waals surface area contributed by atoms with Crippen LogP contribution in [0.2, 0.25) is 0 Å². The van der Waals surface area contributed by atoms with E-state index in [0.29, 0.717) is 76.4 Å². The fourth-order valence-electron chi connectivity index (χ4n) is 14.7. The van der Waals surface area contributed by atoms with E-state index in [1.54, 1.807) is 114 Å². The first kappa shape index (κ1) is 75.8. The van der Waals surface area contributed by atoms with Gasteiger partial charge in [-0.1, -0.05) is 109 Å². The van der Waals surface area contributed by atoms with Gasteiger partial charge in [0.1, 0.15) is 35.9 Å². The molecule has 23 atom stereocenters. The summed E-state index contributed by atoms with van der Waals surface area (Å²) < 4.78 is 61.2. The van der Waals surface area contributed by atoms with Crippen molar-refractivity contribution in [3.05, 3.63) is 71.8 Å². The first-order valence-corrected chi connectivity index (χ1v) is 32.6. The Hall–Kier alpha value is -2.56. The summed E-state index contributed by atoms with van der Waals surface area (Å²) in [6.45, 7) is 20.3. The maximum Gasteiger partial charge on any atom is 0.214 e. The minimum absolute atomic E-state index is 0.00806. The quantitative estimate of drug-likeness (QED) is 0.0259. The fraction of sp³-hybridized carbons (Fsp3) is 0.818. The Morgan fingerprint density at radius 3 is 2.02 bits per heavy atom. The van der Waals surface area contributed by atoms with Gasteiger partial charge >= 0.3 is 0 Å². The standard InChI is InChI=1S/C66H112N4O21/c1-39-44(35-65(81)57(88-58(78)42-24-17-14-18-25-42)54-64(89-40(2)71)38-85-46(64)34-45(72)66(54)56(90-66)52(76)50(39)63(65,9)10)86-59(79)53(51(41-22-15-13-16-23-41)69-60(80)91-62(6,7)8)87-49(75)37-70(11)36-48(74)68-43(55(77)61(3,4)5)26-19-20-28-67-47(73)27-31-84-33-32-83-30-21-29-82-12/h13-18,22-25,39-40,43-60,67-69,71-81H,19-21,26-38H2,1-12H3/t39?,40?,43?,44-,45?,46?,47?,48?,49?,50?,51-,52?,53+,54+,55?,56?,57-,58?,59?,60?,64-,65?,66?/m0/s1. The van der Waals surface area contributed by atoms with Crippen LogP contribution in [0.3, 0.4) is 0 Å². The number of epoxide rings is 1. The summed E-state index contributed by atoms with van der Waals surface area (Å²) >= 11 is 0. The Bertz CT molecular complexity index is 2450. The van der Waals surface area contributed by atoms with Crippen LogP contribution in [0.5, 0.6) is 0 Å². The summed E-state index contributed by atoms with van der Waals surface area (Å²) in [6, 6.07) is 15.5. The molecule has 5 aliphatic rings. The van der Waals surface area contributed by atoms with Crippen LogP contribution in [0.1, 0.15) is 138 Å². The van der Waals surface area contributed by atoms with Gasteiger partial charge in [-0.25, -0.2) is 0 Å². The predicted octanol–water partition coefficient (Wildman–Crippen LogP) is 1.84. The highest BCUT2D eigenvalue weighted by molar-refractivity contribution is 5.33. The van der Waals surface area contributed by atoms with Gasteiger partial charge < -0.3 is 104 Å². The average molecular weight is 1300 g/mol. The zero-order chi connectivity index (χ0) is 66.9. The molecule has 91 heavy (non-hydrogen) atoms. The fourth-order valence-corrected chi connectivity index (χ4v) is 14.7. The second kappa shape index (κ2) is 32.7. The van der Waals surface area contributed by atoms with Crippen molar-refractivity contribution in [2.45, 2.75) is 242 Å². The van der Waals surface area contributed by atoms with E-state index in [1.807, 2.05) is 27.7 Å². The molecule has 17 unspecified atom stereocenters. The molecule has 3 aliphatic carbocycles. The molecule has 25 nitrogen and oxygen atoms in total. The van der Waals surface area contributed by atoms with Crippen molar-refractivity contribution in [3.63, 3.8) is 0 Å². The molecule has 2 aromatic carbocycles. The van der Waals surface area contributed by atoms with Crippen LogP contribution >= 0.6 is 0 Å². The molecule has 0 amide bonds. The second-order valence-corrected chi connectivity index (χ2v) is 28.5. The van der Waals surface area contributed by atoms with Gasteiger partial charge in [0.2, 0.25) is 6.41 Å². The minimum atomic E-state index is -2.16. The van der Waals surface area contributed by atoms with Crippen LogP contribution in [0.25, 0.3) is 0 Å². The van der Waals surface area contributed by atoms with Gasteiger partial charge in [-0.05, 0) is 77.4 Å². The lowest BCUT2D eigenvalue weighted by molar-refractivity contribution is -0.392. The van der Waals surface area contributed by atoms with E-state index in [0.717, 1.165) is 6.42 Å². The van der Waals surface area contributed by atoms with Crippen molar-refractivity contribution in [1.82, 2.24) is 20.9 Å². The molecule has 2 saturated heterocycles. The third-order valence-electron chi connectivity index (χ3n) is 19.2. The molecule has 2 heterocycles. The third kappa shape index (κ3) is 18.6. The molecule has 25 heteroatoms. The van der Waals surface area contributed by atoms with Crippen molar-refractivity contribution in [2.24, 2.45) is 28.6 Å². The van der Waals surface area contributed by atoms with E-state index >= 15 is 0 Å². The summed E-state index contributed by atoms with van der Waals surface area (Å²) in [5.74, 6) is -2.86. The lowest BCUT2D eigenvalue weighted by atomic mass is 9.45. The van der Waals surface area contributed by atoms with Crippen molar-refractivity contribution in [1.29, 1.82) is 0 Å². The maximum absolute atomic E-state index is 14.1. The van der Waals surface area contributed by atoms with Gasteiger partial charge in [-0.15, -0.1) is 0 Å². The molecule has 522 valence electrons. The van der Waals surface area contributed by atoms with Crippen molar-refractivity contribution >= 4 is 0 Å². The van der Waals surface area contributed by atoms with E-state index in [-0.39, 0.29) is 32.5 Å². The number of unbranched alkanes of at least 4 members (excludes halogenated alkanes) is 1. The third-order valence-corrected chi connectivity index (χ3v) is 19.2. The molecule has 0 radical (unpaired) electrons. The molecule has 2 aromatic rings. The van der Waals surface area contributed by atoms with E-state index in [9.17, 15) is 56.2 Å². The molecular weight excluding hydrogens is 1180 g/mol. The molecule has 0 aromatic heterocycles. The number of aliphatic hydroxyl groups is 11. The molecule has 7 rings (SSSR count). The Morgan fingerprint density at radius 2 is 1.42 bits per heavy atom. The topological polar surface area (TPSA) is 357 Å². The van der Waals surface area contributed by atoms with Crippen LogP contribution in [0.4, 0.5) is 0 Å². The van der Waals surface area contributed by atoms with Gasteiger partial charge in [-0.3, -0.25) is 20.9 Å². The second-order valence-electron chi connectivity index (χ2n) is 28.5.